The van der Waals surface area contributed by atoms with Crippen LogP contribution in [0, 0.1) is 0 Å². The second-order valence-electron chi connectivity index (χ2n) is 4.34. The Morgan fingerprint density at radius 1 is 1.33 bits per heavy atom. The summed E-state index contributed by atoms with van der Waals surface area (Å²) in [6.07, 6.45) is 1.29. The zero-order valence-corrected chi connectivity index (χ0v) is 10.7. The van der Waals surface area contributed by atoms with Crippen molar-refractivity contribution in [2.45, 2.75) is 12.5 Å². The maximum absolute atomic E-state index is 5.37. The van der Waals surface area contributed by atoms with E-state index in [1.807, 2.05) is 0 Å². The van der Waals surface area contributed by atoms with Crippen molar-refractivity contribution in [1.82, 2.24) is 9.80 Å². The summed E-state index contributed by atoms with van der Waals surface area (Å²) in [7, 11) is 0. The molecule has 2 aliphatic rings. The van der Waals surface area contributed by atoms with Gasteiger partial charge in [-0.3, -0.25) is 9.80 Å². The van der Waals surface area contributed by atoms with Crippen molar-refractivity contribution in [3.63, 3.8) is 0 Å². The molecule has 15 heavy (non-hydrogen) atoms. The van der Waals surface area contributed by atoms with Crippen LogP contribution in [0.25, 0.3) is 0 Å². The quantitative estimate of drug-likeness (QED) is 0.772. The zero-order valence-electron chi connectivity index (χ0n) is 9.12. The predicted molar refractivity (Wildman–Crippen MR) is 65.3 cm³/mol. The fraction of sp³-hybridized carbons (Fsp3) is 0.818. The van der Waals surface area contributed by atoms with E-state index >= 15 is 0 Å². The molecule has 2 fully saturated rings. The molecule has 1 atom stereocenters. The molecule has 2 aliphatic heterocycles. The Hall–Kier alpha value is 0.1000. The highest BCUT2D eigenvalue weighted by Crippen LogP contribution is 2.18. The molecule has 0 spiro atoms. The van der Waals surface area contributed by atoms with Gasteiger partial charge < -0.3 is 4.74 Å². The van der Waals surface area contributed by atoms with E-state index < -0.39 is 0 Å². The van der Waals surface area contributed by atoms with Crippen LogP contribution in [0.15, 0.2) is 11.1 Å². The first-order valence-electron chi connectivity index (χ1n) is 5.63. The molecular formula is C11H19BrN2O. The monoisotopic (exact) mass is 274 g/mol. The van der Waals surface area contributed by atoms with Crippen molar-refractivity contribution in [3.8, 4) is 0 Å². The average Bonchev–Trinajstić information content (AvgIpc) is 2.67. The molecule has 2 rings (SSSR count). The highest BCUT2D eigenvalue weighted by molar-refractivity contribution is 9.11. The Kier molecular flexibility index (Phi) is 4.20. The fourth-order valence-electron chi connectivity index (χ4n) is 2.44. The van der Waals surface area contributed by atoms with Crippen LogP contribution < -0.4 is 0 Å². The van der Waals surface area contributed by atoms with E-state index in [1.165, 1.54) is 19.5 Å². The van der Waals surface area contributed by atoms with Crippen molar-refractivity contribution in [2.24, 2.45) is 0 Å². The van der Waals surface area contributed by atoms with E-state index in [0.717, 1.165) is 43.4 Å². The van der Waals surface area contributed by atoms with E-state index in [-0.39, 0.29) is 0 Å². The number of morpholine rings is 1. The third-order valence-electron chi connectivity index (χ3n) is 3.20. The van der Waals surface area contributed by atoms with Gasteiger partial charge in [-0.15, -0.1) is 0 Å². The Labute approximate surface area is 100 Å². The molecule has 2 saturated heterocycles. The largest absolute Gasteiger partial charge is 0.379 e. The predicted octanol–water partition coefficient (Wildman–Crippen LogP) is 1.30. The van der Waals surface area contributed by atoms with Gasteiger partial charge in [-0.1, -0.05) is 22.5 Å². The summed E-state index contributed by atoms with van der Waals surface area (Å²) in [5.41, 5.74) is 0. The Bertz CT molecular complexity index is 229. The van der Waals surface area contributed by atoms with Crippen molar-refractivity contribution in [1.29, 1.82) is 0 Å². The Morgan fingerprint density at radius 3 is 2.73 bits per heavy atom. The van der Waals surface area contributed by atoms with E-state index in [9.17, 15) is 0 Å². The number of halogens is 1. The van der Waals surface area contributed by atoms with Crippen molar-refractivity contribution in [3.05, 3.63) is 11.1 Å². The minimum Gasteiger partial charge on any atom is -0.379 e. The summed E-state index contributed by atoms with van der Waals surface area (Å²) in [6, 6.07) is 0.737. The highest BCUT2D eigenvalue weighted by atomic mass is 79.9. The molecule has 86 valence electrons. The topological polar surface area (TPSA) is 15.7 Å². The van der Waals surface area contributed by atoms with Crippen LogP contribution in [-0.4, -0.2) is 61.8 Å². The maximum Gasteiger partial charge on any atom is 0.0594 e. The van der Waals surface area contributed by atoms with Gasteiger partial charge >= 0.3 is 0 Å². The van der Waals surface area contributed by atoms with Gasteiger partial charge in [0.05, 0.1) is 13.2 Å². The van der Waals surface area contributed by atoms with Gasteiger partial charge in [0.1, 0.15) is 0 Å². The second-order valence-corrected chi connectivity index (χ2v) is 5.46. The molecule has 0 aromatic rings. The molecule has 0 bridgehead atoms. The molecular weight excluding hydrogens is 256 g/mol. The molecule has 0 aromatic heterocycles. The van der Waals surface area contributed by atoms with E-state index in [1.54, 1.807) is 0 Å². The minimum absolute atomic E-state index is 0.737. The van der Waals surface area contributed by atoms with Gasteiger partial charge in [-0.25, -0.2) is 0 Å². The van der Waals surface area contributed by atoms with Crippen LogP contribution in [0.2, 0.25) is 0 Å². The van der Waals surface area contributed by atoms with E-state index in [2.05, 4.69) is 32.3 Å². The second kappa shape index (κ2) is 5.43. The molecule has 1 unspecified atom stereocenters. The number of likely N-dealkylation sites (tertiary alicyclic amines) is 1. The summed E-state index contributed by atoms with van der Waals surface area (Å²) in [6.45, 7) is 11.3. The molecule has 0 radical (unpaired) electrons. The average molecular weight is 275 g/mol. The minimum atomic E-state index is 0.737. The normalized spacial score (nSPS) is 29.5. The molecule has 0 saturated carbocycles. The zero-order chi connectivity index (χ0) is 10.7. The van der Waals surface area contributed by atoms with Crippen LogP contribution in [0.3, 0.4) is 0 Å². The summed E-state index contributed by atoms with van der Waals surface area (Å²) in [5, 5.41) is 0. The maximum atomic E-state index is 5.37. The van der Waals surface area contributed by atoms with Gasteiger partial charge in [-0.2, -0.15) is 0 Å². The van der Waals surface area contributed by atoms with Crippen LogP contribution in [0.1, 0.15) is 6.42 Å². The Morgan fingerprint density at radius 2 is 2.07 bits per heavy atom. The summed E-state index contributed by atoms with van der Waals surface area (Å²) >= 11 is 3.43. The first kappa shape index (κ1) is 11.6. The summed E-state index contributed by atoms with van der Waals surface area (Å²) in [5.74, 6) is 0. The van der Waals surface area contributed by atoms with Crippen molar-refractivity contribution >= 4 is 15.9 Å². The van der Waals surface area contributed by atoms with Gasteiger partial charge in [0.2, 0.25) is 0 Å². The number of rotatable bonds is 3. The van der Waals surface area contributed by atoms with Gasteiger partial charge in [-0.05, 0) is 6.42 Å². The van der Waals surface area contributed by atoms with Gasteiger partial charge in [0.15, 0.2) is 0 Å². The van der Waals surface area contributed by atoms with Crippen LogP contribution in [0.5, 0.6) is 0 Å². The van der Waals surface area contributed by atoms with Crippen LogP contribution in [-0.2, 0) is 4.74 Å². The molecule has 0 amide bonds. The Balaban J connectivity index is 1.78. The van der Waals surface area contributed by atoms with Gasteiger partial charge in [0.25, 0.3) is 0 Å². The number of nitrogens with zero attached hydrogens (tertiary/aromatic N) is 2. The molecule has 0 aromatic carbocycles. The molecule has 2 heterocycles. The lowest BCUT2D eigenvalue weighted by atomic mass is 10.2. The van der Waals surface area contributed by atoms with E-state index in [0.29, 0.717) is 0 Å². The lowest BCUT2D eigenvalue weighted by Gasteiger charge is -2.32. The fourth-order valence-corrected chi connectivity index (χ4v) is 2.79. The standard InChI is InChI=1S/C11H19BrN2O/c1-10(12)8-13-3-2-11(9-13)14-4-6-15-7-5-14/h11H,1-9H2. The number of hydrogen-bond acceptors (Lipinski definition) is 3. The van der Waals surface area contributed by atoms with Gasteiger partial charge in [0, 0.05) is 43.2 Å². The molecule has 0 N–H and O–H groups in total. The lowest BCUT2D eigenvalue weighted by Crippen LogP contribution is -2.44. The molecule has 4 heteroatoms. The SMILES string of the molecule is C=C(Br)CN1CCC(N2CCOCC2)C1. The number of hydrogen-bond donors (Lipinski definition) is 0. The lowest BCUT2D eigenvalue weighted by molar-refractivity contribution is 0.0187. The summed E-state index contributed by atoms with van der Waals surface area (Å²) < 4.78 is 6.46. The van der Waals surface area contributed by atoms with E-state index in [4.69, 9.17) is 4.74 Å². The first-order chi connectivity index (χ1) is 7.25. The first-order valence-corrected chi connectivity index (χ1v) is 6.42. The third kappa shape index (κ3) is 3.28. The summed E-state index contributed by atoms with van der Waals surface area (Å²) in [4.78, 5) is 5.04. The highest BCUT2D eigenvalue weighted by Gasteiger charge is 2.28. The smallest absolute Gasteiger partial charge is 0.0594 e. The molecule has 0 aliphatic carbocycles. The van der Waals surface area contributed by atoms with Crippen LogP contribution >= 0.6 is 15.9 Å². The molecule has 3 nitrogen and oxygen atoms in total. The van der Waals surface area contributed by atoms with Crippen molar-refractivity contribution < 1.29 is 4.74 Å². The third-order valence-corrected chi connectivity index (χ3v) is 3.46. The number of ether oxygens (including phenoxy) is 1. The van der Waals surface area contributed by atoms with Crippen molar-refractivity contribution in [2.75, 3.05) is 45.9 Å². The van der Waals surface area contributed by atoms with Crippen LogP contribution in [0.4, 0.5) is 0 Å².